The molecule has 0 fully saturated rings. The molecule has 1 heterocycles. The molecule has 7 nitrogen and oxygen atoms in total. The summed E-state index contributed by atoms with van der Waals surface area (Å²) in [4.78, 5) is 25.9. The summed E-state index contributed by atoms with van der Waals surface area (Å²) in [6.07, 6.45) is 3.11. The maximum absolute atomic E-state index is 11.7. The normalized spacial score (nSPS) is 10.2. The molecule has 0 unspecified atom stereocenters. The number of amides is 1. The number of nitro benzene ring substituents is 1. The minimum absolute atomic E-state index is 0.0733. The summed E-state index contributed by atoms with van der Waals surface area (Å²) < 4.78 is 0. The van der Waals surface area contributed by atoms with E-state index in [4.69, 9.17) is 0 Å². The molecule has 0 spiro atoms. The number of rotatable bonds is 7. The van der Waals surface area contributed by atoms with Gasteiger partial charge in [0.2, 0.25) is 0 Å². The predicted octanol–water partition coefficient (Wildman–Crippen LogP) is 1.51. The van der Waals surface area contributed by atoms with Crippen LogP contribution in [0.15, 0.2) is 48.8 Å². The molecular formula is C15H16N4O3. The van der Waals surface area contributed by atoms with Gasteiger partial charge in [0.25, 0.3) is 11.6 Å². The summed E-state index contributed by atoms with van der Waals surface area (Å²) in [5.74, 6) is -0.176. The van der Waals surface area contributed by atoms with Crippen molar-refractivity contribution in [2.24, 2.45) is 0 Å². The number of hydrogen-bond acceptors (Lipinski definition) is 5. The summed E-state index contributed by atoms with van der Waals surface area (Å²) in [6.45, 7) is 1.53. The van der Waals surface area contributed by atoms with Crippen LogP contribution in [0.1, 0.15) is 15.9 Å². The van der Waals surface area contributed by atoms with E-state index in [1.807, 2.05) is 6.07 Å². The molecule has 0 radical (unpaired) electrons. The van der Waals surface area contributed by atoms with Crippen LogP contribution in [-0.2, 0) is 6.54 Å². The van der Waals surface area contributed by atoms with Crippen LogP contribution in [0.25, 0.3) is 0 Å². The number of nitro groups is 1. The average Bonchev–Trinajstić information content (AvgIpc) is 2.55. The van der Waals surface area contributed by atoms with Crippen LogP contribution in [0.4, 0.5) is 5.69 Å². The van der Waals surface area contributed by atoms with Crippen LogP contribution >= 0.6 is 0 Å². The van der Waals surface area contributed by atoms with E-state index in [0.717, 1.165) is 5.56 Å². The molecule has 0 aliphatic rings. The lowest BCUT2D eigenvalue weighted by molar-refractivity contribution is -0.384. The molecule has 2 aromatic rings. The van der Waals surface area contributed by atoms with Gasteiger partial charge in [0.15, 0.2) is 0 Å². The van der Waals surface area contributed by atoms with E-state index in [-0.39, 0.29) is 11.6 Å². The molecule has 1 aromatic carbocycles. The number of hydrogen-bond donors (Lipinski definition) is 2. The highest BCUT2D eigenvalue weighted by Gasteiger charge is 2.06. The number of pyridine rings is 1. The molecular weight excluding hydrogens is 284 g/mol. The van der Waals surface area contributed by atoms with Gasteiger partial charge in [0, 0.05) is 44.2 Å². The summed E-state index contributed by atoms with van der Waals surface area (Å²) in [6, 6.07) is 9.85. The van der Waals surface area contributed by atoms with Gasteiger partial charge in [-0.3, -0.25) is 19.9 Å². The number of carbonyl (C=O) groups excluding carboxylic acids is 1. The Bertz CT molecular complexity index is 646. The molecule has 0 aliphatic heterocycles. The zero-order chi connectivity index (χ0) is 15.8. The van der Waals surface area contributed by atoms with E-state index in [1.54, 1.807) is 24.4 Å². The molecule has 0 saturated carbocycles. The van der Waals surface area contributed by atoms with Crippen molar-refractivity contribution in [1.82, 2.24) is 15.6 Å². The molecule has 114 valence electrons. The van der Waals surface area contributed by atoms with Crippen molar-refractivity contribution in [3.05, 3.63) is 70.0 Å². The smallest absolute Gasteiger partial charge is 0.269 e. The minimum Gasteiger partial charge on any atom is -0.351 e. The lowest BCUT2D eigenvalue weighted by atomic mass is 10.2. The third-order valence-electron chi connectivity index (χ3n) is 2.96. The van der Waals surface area contributed by atoms with Gasteiger partial charge in [-0.15, -0.1) is 0 Å². The van der Waals surface area contributed by atoms with E-state index in [1.165, 1.54) is 18.3 Å². The fourth-order valence-electron chi connectivity index (χ4n) is 1.88. The lowest BCUT2D eigenvalue weighted by Gasteiger charge is -2.07. The van der Waals surface area contributed by atoms with Crippen molar-refractivity contribution in [3.63, 3.8) is 0 Å². The fourth-order valence-corrected chi connectivity index (χ4v) is 1.88. The van der Waals surface area contributed by atoms with Gasteiger partial charge < -0.3 is 10.6 Å². The zero-order valence-electron chi connectivity index (χ0n) is 11.9. The average molecular weight is 300 g/mol. The zero-order valence-corrected chi connectivity index (χ0v) is 11.9. The Balaban J connectivity index is 1.70. The van der Waals surface area contributed by atoms with Gasteiger partial charge in [-0.2, -0.15) is 0 Å². The highest BCUT2D eigenvalue weighted by molar-refractivity contribution is 5.93. The highest BCUT2D eigenvalue weighted by atomic mass is 16.6. The minimum atomic E-state index is -0.419. The summed E-state index contributed by atoms with van der Waals surface area (Å²) in [5.41, 5.74) is 1.41. The molecule has 0 bridgehead atoms. The second-order valence-electron chi connectivity index (χ2n) is 4.60. The van der Waals surface area contributed by atoms with Gasteiger partial charge >= 0.3 is 0 Å². The summed E-state index contributed by atoms with van der Waals surface area (Å²) in [7, 11) is 0. The SMILES string of the molecule is O=C(NCCNCc1cccc([N+](=O)[O-])c1)c1cccnc1. The van der Waals surface area contributed by atoms with Crippen molar-refractivity contribution in [2.45, 2.75) is 6.54 Å². The number of carbonyl (C=O) groups is 1. The van der Waals surface area contributed by atoms with E-state index < -0.39 is 4.92 Å². The molecule has 0 atom stereocenters. The molecule has 7 heteroatoms. The van der Waals surface area contributed by atoms with Crippen LogP contribution in [0, 0.1) is 10.1 Å². The molecule has 22 heavy (non-hydrogen) atoms. The first-order valence-electron chi connectivity index (χ1n) is 6.79. The van der Waals surface area contributed by atoms with Crippen molar-refractivity contribution >= 4 is 11.6 Å². The maximum atomic E-state index is 11.7. The number of aromatic nitrogens is 1. The second-order valence-corrected chi connectivity index (χ2v) is 4.60. The first-order chi connectivity index (χ1) is 10.7. The Labute approximate surface area is 127 Å². The Hall–Kier alpha value is -2.80. The Morgan fingerprint density at radius 2 is 2.09 bits per heavy atom. The first-order valence-corrected chi connectivity index (χ1v) is 6.79. The molecule has 2 N–H and O–H groups in total. The monoisotopic (exact) mass is 300 g/mol. The molecule has 0 aliphatic carbocycles. The summed E-state index contributed by atoms with van der Waals surface area (Å²) >= 11 is 0. The van der Waals surface area contributed by atoms with Crippen LogP contribution in [0.5, 0.6) is 0 Å². The fraction of sp³-hybridized carbons (Fsp3) is 0.200. The van der Waals surface area contributed by atoms with Gasteiger partial charge in [0.05, 0.1) is 10.5 Å². The quantitative estimate of drug-likeness (QED) is 0.459. The Morgan fingerprint density at radius 3 is 2.82 bits per heavy atom. The number of benzene rings is 1. The molecule has 1 aromatic heterocycles. The van der Waals surface area contributed by atoms with Crippen LogP contribution in [0.2, 0.25) is 0 Å². The maximum Gasteiger partial charge on any atom is 0.269 e. The van der Waals surface area contributed by atoms with Crippen molar-refractivity contribution in [3.8, 4) is 0 Å². The first kappa shape index (κ1) is 15.6. The number of nitrogens with zero attached hydrogens (tertiary/aromatic N) is 2. The van der Waals surface area contributed by atoms with E-state index >= 15 is 0 Å². The van der Waals surface area contributed by atoms with Gasteiger partial charge in [-0.05, 0) is 17.7 Å². The second kappa shape index (κ2) is 7.84. The molecule has 2 rings (SSSR count). The molecule has 1 amide bonds. The predicted molar refractivity (Wildman–Crippen MR) is 81.4 cm³/mol. The standard InChI is InChI=1S/C15H16N4O3/c20-15(13-4-2-6-16-11-13)18-8-7-17-10-12-3-1-5-14(9-12)19(21)22/h1-6,9,11,17H,7-8,10H2,(H,18,20). The Kier molecular flexibility index (Phi) is 5.56. The number of non-ortho nitro benzene ring substituents is 1. The van der Waals surface area contributed by atoms with E-state index in [0.29, 0.717) is 25.2 Å². The van der Waals surface area contributed by atoms with E-state index in [2.05, 4.69) is 15.6 Å². The van der Waals surface area contributed by atoms with Gasteiger partial charge in [-0.25, -0.2) is 0 Å². The van der Waals surface area contributed by atoms with Crippen molar-refractivity contribution in [2.75, 3.05) is 13.1 Å². The third-order valence-corrected chi connectivity index (χ3v) is 2.96. The van der Waals surface area contributed by atoms with Crippen LogP contribution in [0.3, 0.4) is 0 Å². The summed E-state index contributed by atoms with van der Waals surface area (Å²) in [5, 5.41) is 16.6. The highest BCUT2D eigenvalue weighted by Crippen LogP contribution is 2.12. The lowest BCUT2D eigenvalue weighted by Crippen LogP contribution is -2.31. The van der Waals surface area contributed by atoms with Gasteiger partial charge in [-0.1, -0.05) is 12.1 Å². The van der Waals surface area contributed by atoms with E-state index in [9.17, 15) is 14.9 Å². The number of nitrogens with one attached hydrogen (secondary N) is 2. The van der Waals surface area contributed by atoms with Crippen LogP contribution < -0.4 is 10.6 Å². The largest absolute Gasteiger partial charge is 0.351 e. The van der Waals surface area contributed by atoms with Gasteiger partial charge in [0.1, 0.15) is 0 Å². The Morgan fingerprint density at radius 1 is 1.23 bits per heavy atom. The van der Waals surface area contributed by atoms with Crippen LogP contribution in [-0.4, -0.2) is 28.9 Å². The topological polar surface area (TPSA) is 97.2 Å². The third kappa shape index (κ3) is 4.64. The molecule has 0 saturated heterocycles. The van der Waals surface area contributed by atoms with Crippen molar-refractivity contribution in [1.29, 1.82) is 0 Å². The van der Waals surface area contributed by atoms with Crippen molar-refractivity contribution < 1.29 is 9.72 Å².